The predicted octanol–water partition coefficient (Wildman–Crippen LogP) is 2.23. The van der Waals surface area contributed by atoms with E-state index < -0.39 is 0 Å². The largest absolute Gasteiger partial charge is 0.392 e. The predicted molar refractivity (Wildman–Crippen MR) is 89.4 cm³/mol. The van der Waals surface area contributed by atoms with Crippen LogP contribution in [-0.2, 0) is 13.2 Å². The first-order chi connectivity index (χ1) is 11.2. The van der Waals surface area contributed by atoms with E-state index in [0.29, 0.717) is 18.3 Å². The monoisotopic (exact) mass is 307 g/mol. The van der Waals surface area contributed by atoms with E-state index in [-0.39, 0.29) is 12.6 Å². The Morgan fingerprint density at radius 2 is 1.70 bits per heavy atom. The van der Waals surface area contributed by atoms with Gasteiger partial charge in [0, 0.05) is 12.1 Å². The fourth-order valence-electron chi connectivity index (χ4n) is 2.19. The van der Waals surface area contributed by atoms with Crippen molar-refractivity contribution in [1.82, 2.24) is 15.0 Å². The van der Waals surface area contributed by atoms with E-state index in [1.807, 2.05) is 54.6 Å². The first-order valence-electron chi connectivity index (χ1n) is 7.24. The zero-order valence-corrected chi connectivity index (χ0v) is 12.5. The molecule has 0 aliphatic rings. The van der Waals surface area contributed by atoms with Gasteiger partial charge in [-0.15, -0.1) is 0 Å². The average Bonchev–Trinajstić information content (AvgIpc) is 2.60. The third-order valence-electron chi connectivity index (χ3n) is 3.31. The molecule has 1 aromatic heterocycles. The molecule has 116 valence electrons. The molecule has 0 saturated heterocycles. The van der Waals surface area contributed by atoms with E-state index in [2.05, 4.69) is 20.3 Å². The van der Waals surface area contributed by atoms with Crippen LogP contribution in [0.1, 0.15) is 11.1 Å². The van der Waals surface area contributed by atoms with Crippen molar-refractivity contribution in [2.45, 2.75) is 13.2 Å². The third kappa shape index (κ3) is 3.81. The third-order valence-corrected chi connectivity index (χ3v) is 3.31. The summed E-state index contributed by atoms with van der Waals surface area (Å²) in [6.45, 7) is 0.563. The summed E-state index contributed by atoms with van der Waals surface area (Å²) in [6.07, 6.45) is 0. The highest BCUT2D eigenvalue weighted by atomic mass is 16.3. The van der Waals surface area contributed by atoms with Gasteiger partial charge >= 0.3 is 0 Å². The molecular weight excluding hydrogens is 290 g/mol. The van der Waals surface area contributed by atoms with Crippen molar-refractivity contribution in [2.24, 2.45) is 0 Å². The Hall–Kier alpha value is -2.99. The lowest BCUT2D eigenvalue weighted by Gasteiger charge is -2.08. The van der Waals surface area contributed by atoms with Crippen molar-refractivity contribution >= 4 is 11.9 Å². The highest BCUT2D eigenvalue weighted by Gasteiger charge is 2.07. The van der Waals surface area contributed by atoms with E-state index in [4.69, 9.17) is 5.73 Å². The first-order valence-corrected chi connectivity index (χ1v) is 7.24. The minimum absolute atomic E-state index is 0.0342. The second-order valence-corrected chi connectivity index (χ2v) is 5.04. The number of nitrogens with two attached hydrogens (primary N) is 1. The van der Waals surface area contributed by atoms with Crippen molar-refractivity contribution < 1.29 is 5.11 Å². The molecular formula is C17H17N5O. The molecule has 0 fully saturated rings. The number of hydrogen-bond acceptors (Lipinski definition) is 6. The molecule has 2 aromatic carbocycles. The standard InChI is InChI=1S/C17H17N5O/c18-16-20-15(14-8-4-7-13(9-14)11-23)21-17(22-16)19-10-12-5-2-1-3-6-12/h1-9,23H,10-11H2,(H3,18,19,20,21,22). The van der Waals surface area contributed by atoms with E-state index >= 15 is 0 Å². The van der Waals surface area contributed by atoms with Gasteiger partial charge in [0.2, 0.25) is 11.9 Å². The summed E-state index contributed by atoms with van der Waals surface area (Å²) in [5.41, 5.74) is 8.48. The smallest absolute Gasteiger partial charge is 0.228 e. The van der Waals surface area contributed by atoms with Gasteiger partial charge in [-0.05, 0) is 17.2 Å². The van der Waals surface area contributed by atoms with Crippen molar-refractivity contribution in [3.63, 3.8) is 0 Å². The summed E-state index contributed by atoms with van der Waals surface area (Å²) < 4.78 is 0. The van der Waals surface area contributed by atoms with Crippen molar-refractivity contribution in [3.05, 3.63) is 65.7 Å². The second kappa shape index (κ2) is 6.85. The topological polar surface area (TPSA) is 97.0 Å². The number of aromatic nitrogens is 3. The molecule has 3 aromatic rings. The number of nitrogens with one attached hydrogen (secondary N) is 1. The van der Waals surface area contributed by atoms with Gasteiger partial charge in [-0.2, -0.15) is 15.0 Å². The molecule has 6 heteroatoms. The fourth-order valence-corrected chi connectivity index (χ4v) is 2.19. The number of aliphatic hydroxyl groups is 1. The molecule has 0 atom stereocenters. The molecule has 4 N–H and O–H groups in total. The second-order valence-electron chi connectivity index (χ2n) is 5.04. The first kappa shape index (κ1) is 14.9. The fraction of sp³-hybridized carbons (Fsp3) is 0.118. The van der Waals surface area contributed by atoms with Crippen LogP contribution in [0.2, 0.25) is 0 Å². The summed E-state index contributed by atoms with van der Waals surface area (Å²) >= 11 is 0. The molecule has 6 nitrogen and oxygen atoms in total. The maximum atomic E-state index is 9.24. The van der Waals surface area contributed by atoms with E-state index in [0.717, 1.165) is 16.7 Å². The summed E-state index contributed by atoms with van der Waals surface area (Å²) in [5, 5.41) is 12.4. The Morgan fingerprint density at radius 3 is 2.48 bits per heavy atom. The van der Waals surface area contributed by atoms with E-state index in [9.17, 15) is 5.11 Å². The van der Waals surface area contributed by atoms with Gasteiger partial charge in [0.15, 0.2) is 5.82 Å². The zero-order chi connectivity index (χ0) is 16.1. The number of rotatable bonds is 5. The Labute approximate surface area is 134 Å². The molecule has 0 saturated carbocycles. The SMILES string of the molecule is Nc1nc(NCc2ccccc2)nc(-c2cccc(CO)c2)n1. The quantitative estimate of drug-likeness (QED) is 0.669. The van der Waals surface area contributed by atoms with Crippen molar-refractivity contribution in [2.75, 3.05) is 11.1 Å². The van der Waals surface area contributed by atoms with Crippen LogP contribution in [0.3, 0.4) is 0 Å². The normalized spacial score (nSPS) is 10.5. The Kier molecular flexibility index (Phi) is 4.44. The maximum Gasteiger partial charge on any atom is 0.228 e. The summed E-state index contributed by atoms with van der Waals surface area (Å²) in [5.74, 6) is 1.05. The van der Waals surface area contributed by atoms with Crippen LogP contribution in [0.25, 0.3) is 11.4 Å². The van der Waals surface area contributed by atoms with E-state index in [1.54, 1.807) is 0 Å². The van der Waals surface area contributed by atoms with Crippen LogP contribution < -0.4 is 11.1 Å². The minimum atomic E-state index is -0.0342. The lowest BCUT2D eigenvalue weighted by Crippen LogP contribution is -2.08. The highest BCUT2D eigenvalue weighted by Crippen LogP contribution is 2.18. The average molecular weight is 307 g/mol. The number of anilines is 2. The number of nitrogens with zero attached hydrogens (tertiary/aromatic N) is 3. The Morgan fingerprint density at radius 1 is 0.913 bits per heavy atom. The summed E-state index contributed by atoms with van der Waals surface area (Å²) in [7, 11) is 0. The van der Waals surface area contributed by atoms with Crippen LogP contribution >= 0.6 is 0 Å². The number of nitrogen functional groups attached to an aromatic ring is 1. The molecule has 3 rings (SSSR count). The lowest BCUT2D eigenvalue weighted by atomic mass is 10.1. The van der Waals surface area contributed by atoms with Crippen LogP contribution in [0.5, 0.6) is 0 Å². The molecule has 0 spiro atoms. The molecule has 23 heavy (non-hydrogen) atoms. The van der Waals surface area contributed by atoms with Gasteiger partial charge in [0.1, 0.15) is 0 Å². The molecule has 0 bridgehead atoms. The van der Waals surface area contributed by atoms with Crippen molar-refractivity contribution in [1.29, 1.82) is 0 Å². The van der Waals surface area contributed by atoms with Crippen LogP contribution in [-0.4, -0.2) is 20.1 Å². The summed E-state index contributed by atoms with van der Waals surface area (Å²) in [6, 6.07) is 17.3. The van der Waals surface area contributed by atoms with E-state index in [1.165, 1.54) is 0 Å². The zero-order valence-electron chi connectivity index (χ0n) is 12.5. The molecule has 0 radical (unpaired) electrons. The van der Waals surface area contributed by atoms with Gasteiger partial charge < -0.3 is 16.2 Å². The number of aliphatic hydroxyl groups excluding tert-OH is 1. The molecule has 1 heterocycles. The number of hydrogen-bond donors (Lipinski definition) is 3. The van der Waals surface area contributed by atoms with Gasteiger partial charge in [-0.3, -0.25) is 0 Å². The van der Waals surface area contributed by atoms with Crippen LogP contribution in [0.15, 0.2) is 54.6 Å². The Bertz CT molecular complexity index is 792. The maximum absolute atomic E-state index is 9.24. The van der Waals surface area contributed by atoms with Gasteiger partial charge in [-0.1, -0.05) is 48.5 Å². The highest BCUT2D eigenvalue weighted by molar-refractivity contribution is 5.58. The molecule has 0 aliphatic heterocycles. The molecule has 0 aliphatic carbocycles. The molecule has 0 amide bonds. The van der Waals surface area contributed by atoms with Crippen LogP contribution in [0, 0.1) is 0 Å². The van der Waals surface area contributed by atoms with Gasteiger partial charge in [-0.25, -0.2) is 0 Å². The van der Waals surface area contributed by atoms with Gasteiger partial charge in [0.25, 0.3) is 0 Å². The minimum Gasteiger partial charge on any atom is -0.392 e. The summed E-state index contributed by atoms with van der Waals surface area (Å²) in [4.78, 5) is 12.7. The van der Waals surface area contributed by atoms with Crippen LogP contribution in [0.4, 0.5) is 11.9 Å². The number of benzene rings is 2. The lowest BCUT2D eigenvalue weighted by molar-refractivity contribution is 0.282. The molecule has 0 unspecified atom stereocenters. The van der Waals surface area contributed by atoms with Crippen molar-refractivity contribution in [3.8, 4) is 11.4 Å². The van der Waals surface area contributed by atoms with Gasteiger partial charge in [0.05, 0.1) is 6.61 Å². The Balaban J connectivity index is 1.84.